The number of aromatic nitrogens is 1. The molecule has 0 unspecified atom stereocenters. The van der Waals surface area contributed by atoms with Gasteiger partial charge >= 0.3 is 5.97 Å². The Labute approximate surface area is 135 Å². The molecule has 122 valence electrons. The fourth-order valence-electron chi connectivity index (χ4n) is 3.29. The standard InChI is InChI=1S/C18H21NO4/c1-11-3-5-12(6-4-11)14-9-13(7-8-16(14)22-2)17-10-15(18(20)21)19-23-17/h7-12H,3-6H2,1-2H3,(H,20,21). The van der Waals surface area contributed by atoms with Gasteiger partial charge in [-0.1, -0.05) is 24.9 Å². The number of carboxylic acids is 1. The lowest BCUT2D eigenvalue weighted by atomic mass is 9.79. The molecule has 0 bridgehead atoms. The molecule has 0 radical (unpaired) electrons. The summed E-state index contributed by atoms with van der Waals surface area (Å²) in [7, 11) is 1.68. The van der Waals surface area contributed by atoms with Crippen LogP contribution in [0.1, 0.15) is 54.6 Å². The number of methoxy groups -OCH3 is 1. The number of nitrogens with zero attached hydrogens (tertiary/aromatic N) is 1. The Morgan fingerprint density at radius 3 is 2.61 bits per heavy atom. The van der Waals surface area contributed by atoms with Crippen molar-refractivity contribution in [2.75, 3.05) is 7.11 Å². The number of rotatable bonds is 4. The highest BCUT2D eigenvalue weighted by molar-refractivity contribution is 5.86. The molecule has 1 aromatic heterocycles. The van der Waals surface area contributed by atoms with Gasteiger partial charge in [0.2, 0.25) is 0 Å². The van der Waals surface area contributed by atoms with Crippen molar-refractivity contribution in [1.29, 1.82) is 0 Å². The van der Waals surface area contributed by atoms with E-state index >= 15 is 0 Å². The minimum absolute atomic E-state index is 0.0798. The Hall–Kier alpha value is -2.30. The highest BCUT2D eigenvalue weighted by Crippen LogP contribution is 2.41. The third-order valence-electron chi connectivity index (χ3n) is 4.70. The van der Waals surface area contributed by atoms with Crippen LogP contribution in [0.3, 0.4) is 0 Å². The maximum atomic E-state index is 10.9. The van der Waals surface area contributed by atoms with Crippen molar-refractivity contribution in [2.45, 2.75) is 38.5 Å². The van der Waals surface area contributed by atoms with Crippen molar-refractivity contribution in [3.8, 4) is 17.1 Å². The van der Waals surface area contributed by atoms with E-state index in [4.69, 9.17) is 14.4 Å². The monoisotopic (exact) mass is 315 g/mol. The van der Waals surface area contributed by atoms with Crippen molar-refractivity contribution in [2.24, 2.45) is 5.92 Å². The van der Waals surface area contributed by atoms with Crippen LogP contribution in [0.25, 0.3) is 11.3 Å². The summed E-state index contributed by atoms with van der Waals surface area (Å²) in [6.45, 7) is 2.30. The number of carboxylic acid groups (broad SMARTS) is 1. The van der Waals surface area contributed by atoms with Gasteiger partial charge in [0.1, 0.15) is 5.75 Å². The van der Waals surface area contributed by atoms with Gasteiger partial charge in [-0.25, -0.2) is 4.79 Å². The van der Waals surface area contributed by atoms with Crippen LogP contribution >= 0.6 is 0 Å². The van der Waals surface area contributed by atoms with Gasteiger partial charge in [0, 0.05) is 11.6 Å². The Morgan fingerprint density at radius 1 is 1.26 bits per heavy atom. The molecule has 1 aromatic carbocycles. The lowest BCUT2D eigenvalue weighted by Gasteiger charge is -2.27. The van der Waals surface area contributed by atoms with E-state index in [2.05, 4.69) is 12.1 Å². The fourth-order valence-corrected chi connectivity index (χ4v) is 3.29. The van der Waals surface area contributed by atoms with E-state index in [9.17, 15) is 4.79 Å². The van der Waals surface area contributed by atoms with E-state index in [-0.39, 0.29) is 5.69 Å². The van der Waals surface area contributed by atoms with E-state index in [0.29, 0.717) is 11.7 Å². The number of hydrogen-bond acceptors (Lipinski definition) is 4. The first-order chi connectivity index (χ1) is 11.1. The smallest absolute Gasteiger partial charge is 0.358 e. The number of carbonyl (C=O) groups is 1. The molecular formula is C18H21NO4. The van der Waals surface area contributed by atoms with Crippen LogP contribution in [0.15, 0.2) is 28.8 Å². The molecule has 1 aliphatic rings. The molecule has 0 amide bonds. The molecule has 5 heteroatoms. The van der Waals surface area contributed by atoms with Gasteiger partial charge in [-0.2, -0.15) is 0 Å². The second-order valence-electron chi connectivity index (χ2n) is 6.30. The molecule has 1 saturated carbocycles. The van der Waals surface area contributed by atoms with Crippen LogP contribution in [0.2, 0.25) is 0 Å². The average Bonchev–Trinajstić information content (AvgIpc) is 3.05. The van der Waals surface area contributed by atoms with E-state index in [1.807, 2.05) is 18.2 Å². The molecule has 1 heterocycles. The maximum absolute atomic E-state index is 10.9. The largest absolute Gasteiger partial charge is 0.496 e. The molecule has 0 spiro atoms. The minimum atomic E-state index is -1.09. The third kappa shape index (κ3) is 3.23. The summed E-state index contributed by atoms with van der Waals surface area (Å²) in [5.74, 6) is 1.52. The average molecular weight is 315 g/mol. The summed E-state index contributed by atoms with van der Waals surface area (Å²) in [6.07, 6.45) is 4.75. The van der Waals surface area contributed by atoms with Crippen LogP contribution in [-0.4, -0.2) is 23.3 Å². The minimum Gasteiger partial charge on any atom is -0.496 e. The molecular weight excluding hydrogens is 294 g/mol. The van der Waals surface area contributed by atoms with Crippen molar-refractivity contribution in [3.63, 3.8) is 0 Å². The molecule has 2 aromatic rings. The van der Waals surface area contributed by atoms with Crippen LogP contribution in [-0.2, 0) is 0 Å². The zero-order chi connectivity index (χ0) is 16.4. The summed E-state index contributed by atoms with van der Waals surface area (Å²) in [5, 5.41) is 12.5. The number of aromatic carboxylic acids is 1. The second kappa shape index (κ2) is 6.44. The highest BCUT2D eigenvalue weighted by Gasteiger charge is 2.23. The number of ether oxygens (including phenoxy) is 1. The van der Waals surface area contributed by atoms with E-state index in [1.165, 1.54) is 24.5 Å². The zero-order valence-electron chi connectivity index (χ0n) is 13.4. The maximum Gasteiger partial charge on any atom is 0.358 e. The van der Waals surface area contributed by atoms with Gasteiger partial charge in [-0.05, 0) is 48.4 Å². The van der Waals surface area contributed by atoms with E-state index in [1.54, 1.807) is 7.11 Å². The molecule has 0 aliphatic heterocycles. The predicted molar refractivity (Wildman–Crippen MR) is 85.8 cm³/mol. The molecule has 0 atom stereocenters. The normalized spacial score (nSPS) is 21.1. The summed E-state index contributed by atoms with van der Waals surface area (Å²) in [6, 6.07) is 7.30. The van der Waals surface area contributed by atoms with Crippen molar-refractivity contribution in [3.05, 3.63) is 35.5 Å². The third-order valence-corrected chi connectivity index (χ3v) is 4.70. The van der Waals surface area contributed by atoms with Gasteiger partial charge in [-0.3, -0.25) is 0 Å². The van der Waals surface area contributed by atoms with Gasteiger partial charge in [0.05, 0.1) is 7.11 Å². The summed E-state index contributed by atoms with van der Waals surface area (Å²) >= 11 is 0. The van der Waals surface area contributed by atoms with Gasteiger partial charge < -0.3 is 14.4 Å². The first-order valence-electron chi connectivity index (χ1n) is 7.96. The Balaban J connectivity index is 1.93. The molecule has 23 heavy (non-hydrogen) atoms. The molecule has 1 N–H and O–H groups in total. The Morgan fingerprint density at radius 2 is 2.00 bits per heavy atom. The van der Waals surface area contributed by atoms with E-state index < -0.39 is 5.97 Å². The SMILES string of the molecule is COc1ccc(-c2cc(C(=O)O)no2)cc1C1CCC(C)CC1. The fraction of sp³-hybridized carbons (Fsp3) is 0.444. The van der Waals surface area contributed by atoms with Gasteiger partial charge in [0.15, 0.2) is 11.5 Å². The molecule has 1 fully saturated rings. The first kappa shape index (κ1) is 15.6. The van der Waals surface area contributed by atoms with Crippen molar-refractivity contribution < 1.29 is 19.2 Å². The van der Waals surface area contributed by atoms with E-state index in [0.717, 1.165) is 30.1 Å². The van der Waals surface area contributed by atoms with Gasteiger partial charge in [-0.15, -0.1) is 0 Å². The Kier molecular flexibility index (Phi) is 4.37. The van der Waals surface area contributed by atoms with Gasteiger partial charge in [0.25, 0.3) is 0 Å². The Bertz CT molecular complexity index is 699. The molecule has 0 saturated heterocycles. The molecule has 3 rings (SSSR count). The zero-order valence-corrected chi connectivity index (χ0v) is 13.4. The summed E-state index contributed by atoms with van der Waals surface area (Å²) in [5.41, 5.74) is 1.92. The second-order valence-corrected chi connectivity index (χ2v) is 6.30. The lowest BCUT2D eigenvalue weighted by molar-refractivity contribution is 0.0686. The lowest BCUT2D eigenvalue weighted by Crippen LogP contribution is -2.11. The van der Waals surface area contributed by atoms with Crippen LogP contribution < -0.4 is 4.74 Å². The summed E-state index contributed by atoms with van der Waals surface area (Å²) < 4.78 is 10.7. The quantitative estimate of drug-likeness (QED) is 0.908. The van der Waals surface area contributed by atoms with Crippen LogP contribution in [0.5, 0.6) is 5.75 Å². The highest BCUT2D eigenvalue weighted by atomic mass is 16.5. The molecule has 1 aliphatic carbocycles. The number of hydrogen-bond donors (Lipinski definition) is 1. The van der Waals surface area contributed by atoms with Crippen molar-refractivity contribution >= 4 is 5.97 Å². The number of benzene rings is 1. The molecule has 5 nitrogen and oxygen atoms in total. The topological polar surface area (TPSA) is 72.6 Å². The van der Waals surface area contributed by atoms with Crippen molar-refractivity contribution in [1.82, 2.24) is 5.16 Å². The first-order valence-corrected chi connectivity index (χ1v) is 7.96. The van der Waals surface area contributed by atoms with Crippen LogP contribution in [0.4, 0.5) is 0 Å². The predicted octanol–water partition coefficient (Wildman–Crippen LogP) is 4.34. The summed E-state index contributed by atoms with van der Waals surface area (Å²) in [4.78, 5) is 10.9. The van der Waals surface area contributed by atoms with Crippen LogP contribution in [0, 0.1) is 5.92 Å².